The maximum absolute atomic E-state index is 5.22. The molecule has 1 rings (SSSR count). The van der Waals surface area contributed by atoms with E-state index in [0.717, 1.165) is 5.75 Å². The Hall–Kier alpha value is -0.250. The fraction of sp³-hybridized carbons (Fsp3) is 0.333. The van der Waals surface area contributed by atoms with E-state index in [1.54, 1.807) is 7.11 Å². The van der Waals surface area contributed by atoms with Gasteiger partial charge in [-0.05, 0) is 53.6 Å². The van der Waals surface area contributed by atoms with E-state index in [0.29, 0.717) is 0 Å². The highest BCUT2D eigenvalue weighted by Crippen LogP contribution is 2.25. The molecule has 0 atom stereocenters. The molecule has 1 nitrogen and oxygen atoms in total. The van der Waals surface area contributed by atoms with E-state index in [9.17, 15) is 0 Å². The van der Waals surface area contributed by atoms with Gasteiger partial charge in [-0.25, -0.2) is 0 Å². The van der Waals surface area contributed by atoms with E-state index in [1.807, 2.05) is 0 Å². The van der Waals surface area contributed by atoms with E-state index >= 15 is 0 Å². The normalized spacial score (nSPS) is 9.82. The number of methoxy groups -OCH3 is 1. The number of rotatable bonds is 1. The van der Waals surface area contributed by atoms with E-state index in [1.165, 1.54) is 14.7 Å². The molecular formula is C9H11IO. The van der Waals surface area contributed by atoms with E-state index in [-0.39, 0.29) is 0 Å². The van der Waals surface area contributed by atoms with Crippen molar-refractivity contribution in [3.05, 3.63) is 26.8 Å². The van der Waals surface area contributed by atoms with E-state index in [4.69, 9.17) is 4.74 Å². The second-order valence-electron chi connectivity index (χ2n) is 2.60. The first-order valence-electron chi connectivity index (χ1n) is 3.46. The molecule has 0 saturated carbocycles. The lowest BCUT2D eigenvalue weighted by molar-refractivity contribution is 0.408. The second-order valence-corrected chi connectivity index (χ2v) is 3.76. The van der Waals surface area contributed by atoms with Gasteiger partial charge in [-0.15, -0.1) is 0 Å². The molecule has 60 valence electrons. The zero-order chi connectivity index (χ0) is 8.43. The lowest BCUT2D eigenvalue weighted by Crippen LogP contribution is -1.91. The van der Waals surface area contributed by atoms with E-state index in [2.05, 4.69) is 48.6 Å². The van der Waals surface area contributed by atoms with E-state index < -0.39 is 0 Å². The number of hydrogen-bond acceptors (Lipinski definition) is 1. The number of hydrogen-bond donors (Lipinski definition) is 0. The van der Waals surface area contributed by atoms with Crippen molar-refractivity contribution in [3.8, 4) is 5.75 Å². The van der Waals surface area contributed by atoms with Crippen LogP contribution in [0.5, 0.6) is 5.75 Å². The largest absolute Gasteiger partial charge is 0.495 e. The quantitative estimate of drug-likeness (QED) is 0.707. The van der Waals surface area contributed by atoms with Crippen LogP contribution in [0.3, 0.4) is 0 Å². The van der Waals surface area contributed by atoms with Crippen LogP contribution in [-0.2, 0) is 0 Å². The van der Waals surface area contributed by atoms with Crippen LogP contribution in [0.25, 0.3) is 0 Å². The number of halogens is 1. The monoisotopic (exact) mass is 262 g/mol. The van der Waals surface area contributed by atoms with Crippen LogP contribution in [-0.4, -0.2) is 7.11 Å². The topological polar surface area (TPSA) is 9.23 Å². The average Bonchev–Trinajstić information content (AvgIpc) is 1.85. The van der Waals surface area contributed by atoms with Crippen molar-refractivity contribution in [2.75, 3.05) is 7.11 Å². The van der Waals surface area contributed by atoms with Gasteiger partial charge >= 0.3 is 0 Å². The highest BCUT2D eigenvalue weighted by molar-refractivity contribution is 14.1. The number of aryl methyl sites for hydroxylation is 2. The van der Waals surface area contributed by atoms with Crippen LogP contribution in [0.1, 0.15) is 11.1 Å². The molecule has 0 spiro atoms. The molecule has 0 aliphatic rings. The average molecular weight is 262 g/mol. The molecule has 1 aromatic rings. The van der Waals surface area contributed by atoms with Crippen molar-refractivity contribution < 1.29 is 4.74 Å². The third kappa shape index (κ3) is 1.86. The minimum absolute atomic E-state index is 0.996. The number of ether oxygens (including phenoxy) is 1. The number of benzene rings is 1. The summed E-state index contributed by atoms with van der Waals surface area (Å²) >= 11 is 2.29. The van der Waals surface area contributed by atoms with Crippen molar-refractivity contribution in [3.63, 3.8) is 0 Å². The predicted molar refractivity (Wildman–Crippen MR) is 55.2 cm³/mol. The van der Waals surface area contributed by atoms with Gasteiger partial charge in [0, 0.05) is 0 Å². The summed E-state index contributed by atoms with van der Waals surface area (Å²) in [6.07, 6.45) is 0. The van der Waals surface area contributed by atoms with Gasteiger partial charge in [0.2, 0.25) is 0 Å². The van der Waals surface area contributed by atoms with Crippen LogP contribution in [0.4, 0.5) is 0 Å². The maximum atomic E-state index is 5.22. The van der Waals surface area contributed by atoms with Gasteiger partial charge in [0.05, 0.1) is 10.7 Å². The molecule has 0 fully saturated rings. The summed E-state index contributed by atoms with van der Waals surface area (Å²) in [4.78, 5) is 0. The third-order valence-electron chi connectivity index (χ3n) is 1.58. The van der Waals surface area contributed by atoms with Gasteiger partial charge in [-0.3, -0.25) is 0 Å². The molecule has 11 heavy (non-hydrogen) atoms. The van der Waals surface area contributed by atoms with Gasteiger partial charge < -0.3 is 4.74 Å². The molecule has 0 heterocycles. The minimum atomic E-state index is 0.996. The first-order valence-corrected chi connectivity index (χ1v) is 4.53. The Balaban J connectivity index is 3.25. The zero-order valence-corrected chi connectivity index (χ0v) is 9.10. The Bertz CT molecular complexity index is 245. The molecule has 1 aromatic carbocycles. The molecule has 2 heteroatoms. The lowest BCUT2D eigenvalue weighted by Gasteiger charge is -2.07. The van der Waals surface area contributed by atoms with Crippen LogP contribution < -0.4 is 4.74 Å². The van der Waals surface area contributed by atoms with Gasteiger partial charge in [0.1, 0.15) is 5.75 Å². The van der Waals surface area contributed by atoms with Crippen LogP contribution in [0, 0.1) is 17.4 Å². The van der Waals surface area contributed by atoms with Crippen molar-refractivity contribution in [1.82, 2.24) is 0 Å². The third-order valence-corrected chi connectivity index (χ3v) is 2.38. The second kappa shape index (κ2) is 3.43. The molecule has 0 bridgehead atoms. The highest BCUT2D eigenvalue weighted by atomic mass is 127. The standard InChI is InChI=1S/C9H11IO/c1-6-4-7(2)9(11-3)8(10)5-6/h4-5H,1-3H3. The van der Waals surface area contributed by atoms with Gasteiger partial charge in [-0.1, -0.05) is 6.07 Å². The summed E-state index contributed by atoms with van der Waals surface area (Å²) in [6, 6.07) is 4.24. The van der Waals surface area contributed by atoms with Crippen LogP contribution >= 0.6 is 22.6 Å². The molecule has 0 amide bonds. The fourth-order valence-electron chi connectivity index (χ4n) is 1.16. The summed E-state index contributed by atoms with van der Waals surface area (Å²) < 4.78 is 6.41. The maximum Gasteiger partial charge on any atom is 0.135 e. The van der Waals surface area contributed by atoms with Crippen LogP contribution in [0.15, 0.2) is 12.1 Å². The fourth-order valence-corrected chi connectivity index (χ4v) is 2.30. The highest BCUT2D eigenvalue weighted by Gasteiger charge is 2.03. The Morgan fingerprint density at radius 3 is 2.36 bits per heavy atom. The predicted octanol–water partition coefficient (Wildman–Crippen LogP) is 2.92. The summed E-state index contributed by atoms with van der Waals surface area (Å²) in [5, 5.41) is 0. The Morgan fingerprint density at radius 2 is 1.91 bits per heavy atom. The molecule has 0 radical (unpaired) electrons. The SMILES string of the molecule is COc1c(C)cc(C)cc1I. The molecule has 0 aromatic heterocycles. The molecule has 0 aliphatic heterocycles. The summed E-state index contributed by atoms with van der Waals surface area (Å²) in [6.45, 7) is 4.16. The summed E-state index contributed by atoms with van der Waals surface area (Å²) in [7, 11) is 1.71. The molecular weight excluding hydrogens is 251 g/mol. The first-order chi connectivity index (χ1) is 5.15. The molecule has 0 unspecified atom stereocenters. The van der Waals surface area contributed by atoms with Crippen molar-refractivity contribution in [1.29, 1.82) is 0 Å². The minimum Gasteiger partial charge on any atom is -0.495 e. The van der Waals surface area contributed by atoms with Crippen molar-refractivity contribution in [2.24, 2.45) is 0 Å². The summed E-state index contributed by atoms with van der Waals surface area (Å²) in [5.41, 5.74) is 2.49. The first kappa shape index (κ1) is 8.84. The smallest absolute Gasteiger partial charge is 0.135 e. The summed E-state index contributed by atoms with van der Waals surface area (Å²) in [5.74, 6) is 0.996. The van der Waals surface area contributed by atoms with Gasteiger partial charge in [0.25, 0.3) is 0 Å². The molecule has 0 aliphatic carbocycles. The Labute approximate surface area is 80.9 Å². The van der Waals surface area contributed by atoms with Gasteiger partial charge in [0.15, 0.2) is 0 Å². The molecule has 0 N–H and O–H groups in total. The van der Waals surface area contributed by atoms with Crippen molar-refractivity contribution >= 4 is 22.6 Å². The molecule has 0 saturated heterocycles. The Kier molecular flexibility index (Phi) is 2.76. The lowest BCUT2D eigenvalue weighted by atomic mass is 10.1. The van der Waals surface area contributed by atoms with Crippen molar-refractivity contribution in [2.45, 2.75) is 13.8 Å². The van der Waals surface area contributed by atoms with Crippen LogP contribution in [0.2, 0.25) is 0 Å². The zero-order valence-electron chi connectivity index (χ0n) is 6.94. The Morgan fingerprint density at radius 1 is 1.27 bits per heavy atom. The van der Waals surface area contributed by atoms with Gasteiger partial charge in [-0.2, -0.15) is 0 Å².